The van der Waals surface area contributed by atoms with Crippen LogP contribution in [0.2, 0.25) is 0 Å². The van der Waals surface area contributed by atoms with Crippen molar-refractivity contribution in [2.24, 2.45) is 5.92 Å². The third kappa shape index (κ3) is 2.64. The van der Waals surface area contributed by atoms with Crippen molar-refractivity contribution >= 4 is 11.9 Å². The number of amides is 1. The summed E-state index contributed by atoms with van der Waals surface area (Å²) in [6.07, 6.45) is 4.72. The van der Waals surface area contributed by atoms with Crippen LogP contribution in [0.3, 0.4) is 0 Å². The zero-order valence-electron chi connectivity index (χ0n) is 13.9. The van der Waals surface area contributed by atoms with Gasteiger partial charge in [0.1, 0.15) is 11.8 Å². The lowest BCUT2D eigenvalue weighted by atomic mass is 9.84. The van der Waals surface area contributed by atoms with E-state index in [1.165, 1.54) is 0 Å². The Morgan fingerprint density at radius 3 is 2.61 bits per heavy atom. The van der Waals surface area contributed by atoms with E-state index in [-0.39, 0.29) is 11.9 Å². The molecule has 1 aromatic rings. The van der Waals surface area contributed by atoms with Crippen LogP contribution in [-0.2, 0) is 9.59 Å². The fraction of sp³-hybridized carbons (Fsp3) is 0.706. The molecule has 0 spiro atoms. The Labute approximate surface area is 135 Å². The molecule has 0 bridgehead atoms. The van der Waals surface area contributed by atoms with Gasteiger partial charge in [0.15, 0.2) is 0 Å². The lowest BCUT2D eigenvalue weighted by molar-refractivity contribution is -0.150. The number of carboxylic acid groups (broad SMARTS) is 1. The maximum absolute atomic E-state index is 13.1. The van der Waals surface area contributed by atoms with Gasteiger partial charge in [-0.3, -0.25) is 4.79 Å². The molecular formula is C17H24N2O4. The van der Waals surface area contributed by atoms with Crippen molar-refractivity contribution in [3.63, 3.8) is 0 Å². The smallest absolute Gasteiger partial charge is 0.326 e. The third-order valence-electron chi connectivity index (χ3n) is 5.52. The number of aryl methyl sites for hydroxylation is 2. The van der Waals surface area contributed by atoms with Crippen molar-refractivity contribution < 1.29 is 19.2 Å². The fourth-order valence-electron chi connectivity index (χ4n) is 4.45. The molecular weight excluding hydrogens is 296 g/mol. The van der Waals surface area contributed by atoms with Crippen molar-refractivity contribution in [3.05, 3.63) is 17.0 Å². The SMILES string of the molecule is Cc1noc(C)c1[C@H](C)C(=O)N1[C@H](C(=O)O)C[C@@H]2CCCC[C@@H]21. The summed E-state index contributed by atoms with van der Waals surface area (Å²) < 4.78 is 5.17. The first-order chi connectivity index (χ1) is 10.9. The Kier molecular flexibility index (Phi) is 4.17. The number of aliphatic carboxylic acids is 1. The van der Waals surface area contributed by atoms with Gasteiger partial charge in [-0.2, -0.15) is 0 Å². The van der Waals surface area contributed by atoms with Crippen LogP contribution in [0.5, 0.6) is 0 Å². The van der Waals surface area contributed by atoms with E-state index in [0.29, 0.717) is 23.8 Å². The first-order valence-electron chi connectivity index (χ1n) is 8.39. The van der Waals surface area contributed by atoms with E-state index in [0.717, 1.165) is 31.2 Å². The number of fused-ring (bicyclic) bond motifs is 1. The second kappa shape index (κ2) is 5.98. The Bertz CT molecular complexity index is 605. The summed E-state index contributed by atoms with van der Waals surface area (Å²) in [7, 11) is 0. The number of nitrogens with zero attached hydrogens (tertiary/aromatic N) is 2. The average Bonchev–Trinajstić information content (AvgIpc) is 3.06. The van der Waals surface area contributed by atoms with Crippen LogP contribution in [0.15, 0.2) is 4.52 Å². The molecule has 2 heterocycles. The molecule has 4 atom stereocenters. The number of carbonyl (C=O) groups excluding carboxylic acids is 1. The number of rotatable bonds is 3. The molecule has 2 fully saturated rings. The normalized spacial score (nSPS) is 28.5. The van der Waals surface area contributed by atoms with Gasteiger partial charge < -0.3 is 14.5 Å². The predicted molar refractivity (Wildman–Crippen MR) is 83.0 cm³/mol. The van der Waals surface area contributed by atoms with Crippen molar-refractivity contribution in [1.82, 2.24) is 10.1 Å². The van der Waals surface area contributed by atoms with Crippen molar-refractivity contribution in [1.29, 1.82) is 0 Å². The highest BCUT2D eigenvalue weighted by Gasteiger charge is 2.48. The van der Waals surface area contributed by atoms with Gasteiger partial charge >= 0.3 is 5.97 Å². The molecule has 3 rings (SSSR count). The molecule has 0 radical (unpaired) electrons. The van der Waals surface area contributed by atoms with E-state index >= 15 is 0 Å². The minimum absolute atomic E-state index is 0.0697. The highest BCUT2D eigenvalue weighted by molar-refractivity contribution is 5.89. The zero-order chi connectivity index (χ0) is 16.7. The maximum atomic E-state index is 13.1. The minimum Gasteiger partial charge on any atom is -0.480 e. The molecule has 1 aromatic heterocycles. The molecule has 0 unspecified atom stereocenters. The number of hydrogen-bond acceptors (Lipinski definition) is 4. The monoisotopic (exact) mass is 320 g/mol. The predicted octanol–water partition coefficient (Wildman–Crippen LogP) is 2.64. The molecule has 2 aliphatic rings. The van der Waals surface area contributed by atoms with Crippen LogP contribution in [0.25, 0.3) is 0 Å². The lowest BCUT2D eigenvalue weighted by Gasteiger charge is -2.34. The van der Waals surface area contributed by atoms with Crippen LogP contribution in [0, 0.1) is 19.8 Å². The van der Waals surface area contributed by atoms with Crippen molar-refractivity contribution in [2.45, 2.75) is 70.9 Å². The summed E-state index contributed by atoms with van der Waals surface area (Å²) in [6.45, 7) is 5.43. The summed E-state index contributed by atoms with van der Waals surface area (Å²) in [6, 6.07) is -0.626. The molecule has 1 saturated carbocycles. The van der Waals surface area contributed by atoms with E-state index in [1.807, 2.05) is 13.8 Å². The zero-order valence-corrected chi connectivity index (χ0v) is 13.9. The second-order valence-corrected chi connectivity index (χ2v) is 6.91. The minimum atomic E-state index is -0.890. The van der Waals surface area contributed by atoms with Gasteiger partial charge in [-0.25, -0.2) is 4.79 Å². The Morgan fingerprint density at radius 1 is 1.30 bits per heavy atom. The molecule has 1 saturated heterocycles. The van der Waals surface area contributed by atoms with E-state index in [9.17, 15) is 14.7 Å². The van der Waals surface area contributed by atoms with Crippen LogP contribution >= 0.6 is 0 Å². The Balaban J connectivity index is 1.90. The molecule has 6 nitrogen and oxygen atoms in total. The van der Waals surface area contributed by atoms with Gasteiger partial charge in [0.25, 0.3) is 0 Å². The van der Waals surface area contributed by atoms with Gasteiger partial charge in [0.05, 0.1) is 11.6 Å². The van der Waals surface area contributed by atoms with Gasteiger partial charge in [-0.15, -0.1) is 0 Å². The molecule has 6 heteroatoms. The van der Waals surface area contributed by atoms with Crippen LogP contribution in [0.1, 0.15) is 62.0 Å². The molecule has 1 aliphatic carbocycles. The fourth-order valence-corrected chi connectivity index (χ4v) is 4.45. The molecule has 126 valence electrons. The van der Waals surface area contributed by atoms with Crippen molar-refractivity contribution in [2.75, 3.05) is 0 Å². The van der Waals surface area contributed by atoms with Crippen molar-refractivity contribution in [3.8, 4) is 0 Å². The lowest BCUT2D eigenvalue weighted by Crippen LogP contribution is -2.47. The number of hydrogen-bond donors (Lipinski definition) is 1. The van der Waals surface area contributed by atoms with Gasteiger partial charge in [0, 0.05) is 11.6 Å². The van der Waals surface area contributed by atoms with Crippen LogP contribution < -0.4 is 0 Å². The van der Waals surface area contributed by atoms with E-state index < -0.39 is 17.9 Å². The molecule has 1 amide bonds. The quantitative estimate of drug-likeness (QED) is 0.925. The highest BCUT2D eigenvalue weighted by Crippen LogP contribution is 2.41. The largest absolute Gasteiger partial charge is 0.480 e. The summed E-state index contributed by atoms with van der Waals surface area (Å²) in [5, 5.41) is 13.5. The Hall–Kier alpha value is -1.85. The van der Waals surface area contributed by atoms with E-state index in [1.54, 1.807) is 11.8 Å². The molecule has 0 aromatic carbocycles. The third-order valence-corrected chi connectivity index (χ3v) is 5.52. The molecule has 1 aliphatic heterocycles. The van der Waals surface area contributed by atoms with Crippen LogP contribution in [0.4, 0.5) is 0 Å². The first-order valence-corrected chi connectivity index (χ1v) is 8.39. The average molecular weight is 320 g/mol. The molecule has 1 N–H and O–H groups in total. The Morgan fingerprint density at radius 2 is 2.00 bits per heavy atom. The first kappa shape index (κ1) is 16.0. The number of carboxylic acids is 1. The summed E-state index contributed by atoms with van der Waals surface area (Å²) in [4.78, 5) is 26.4. The number of likely N-dealkylation sites (tertiary alicyclic amines) is 1. The topological polar surface area (TPSA) is 83.6 Å². The summed E-state index contributed by atoms with van der Waals surface area (Å²) in [5.41, 5.74) is 1.49. The van der Waals surface area contributed by atoms with Gasteiger partial charge in [0.2, 0.25) is 5.91 Å². The molecule has 23 heavy (non-hydrogen) atoms. The number of carbonyl (C=O) groups is 2. The van der Waals surface area contributed by atoms with E-state index in [2.05, 4.69) is 5.16 Å². The van der Waals surface area contributed by atoms with Gasteiger partial charge in [-0.1, -0.05) is 18.0 Å². The number of aromatic nitrogens is 1. The van der Waals surface area contributed by atoms with E-state index in [4.69, 9.17) is 4.52 Å². The summed E-state index contributed by atoms with van der Waals surface area (Å²) >= 11 is 0. The maximum Gasteiger partial charge on any atom is 0.326 e. The standard InChI is InChI=1S/C17H24N2O4/c1-9(15-10(2)18-23-11(15)3)16(20)19-13-7-5-4-6-12(13)8-14(19)17(21)22/h9,12-14H,4-8H2,1-3H3,(H,21,22)/t9-,12-,13-,14-/m0/s1. The second-order valence-electron chi connectivity index (χ2n) is 6.91. The van der Waals surface area contributed by atoms with Gasteiger partial charge in [-0.05, 0) is 46.0 Å². The summed E-state index contributed by atoms with van der Waals surface area (Å²) in [5.74, 6) is -0.469. The highest BCUT2D eigenvalue weighted by atomic mass is 16.5. The van der Waals surface area contributed by atoms with Crippen LogP contribution in [-0.4, -0.2) is 39.1 Å².